The molecule has 2 heteroatoms. The number of anilines is 1. The van der Waals surface area contributed by atoms with E-state index in [0.717, 1.165) is 11.4 Å². The van der Waals surface area contributed by atoms with Gasteiger partial charge in [-0.15, -0.1) is 6.58 Å². The Morgan fingerprint density at radius 2 is 1.67 bits per heavy atom. The summed E-state index contributed by atoms with van der Waals surface area (Å²) in [5.41, 5.74) is 5.28. The predicted molar refractivity (Wildman–Crippen MR) is 113 cm³/mol. The van der Waals surface area contributed by atoms with Crippen molar-refractivity contribution in [1.82, 2.24) is 0 Å². The maximum Gasteiger partial charge on any atom is 0.0852 e. The van der Waals surface area contributed by atoms with Crippen LogP contribution in [0.5, 0.6) is 0 Å². The Labute approximate surface area is 155 Å². The Hall–Kier alpha value is -1.15. The summed E-state index contributed by atoms with van der Waals surface area (Å²) in [6.45, 7) is 21.8. The van der Waals surface area contributed by atoms with E-state index < -0.39 is 0 Å². The lowest BCUT2D eigenvalue weighted by molar-refractivity contribution is 0.577. The standard InChI is InChI=1S/C22H35NS/c1-15(2)13-16(3)20(24)23(10)19-14-17(21(4,5)6)11-12-18(19)22(7,8)9/h11-12,14,16H,1,13H2,2-10H3/t16-/m1/s1. The lowest BCUT2D eigenvalue weighted by Gasteiger charge is -2.33. The van der Waals surface area contributed by atoms with Gasteiger partial charge >= 0.3 is 0 Å². The summed E-state index contributed by atoms with van der Waals surface area (Å²) in [5.74, 6) is 0.314. The second kappa shape index (κ2) is 7.39. The molecule has 0 saturated carbocycles. The molecule has 0 N–H and O–H groups in total. The van der Waals surface area contributed by atoms with Gasteiger partial charge in [-0.25, -0.2) is 0 Å². The van der Waals surface area contributed by atoms with Gasteiger partial charge in [0.1, 0.15) is 0 Å². The molecule has 1 atom stereocenters. The summed E-state index contributed by atoms with van der Waals surface area (Å²) in [6, 6.07) is 6.86. The number of nitrogens with zero attached hydrogens (tertiary/aromatic N) is 1. The van der Waals surface area contributed by atoms with Gasteiger partial charge in [0, 0.05) is 18.7 Å². The second-order valence-electron chi connectivity index (χ2n) is 9.19. The minimum absolute atomic E-state index is 0.0766. The van der Waals surface area contributed by atoms with Crippen molar-refractivity contribution in [2.75, 3.05) is 11.9 Å². The Kier molecular flexibility index (Phi) is 6.43. The molecule has 0 aliphatic heterocycles. The molecule has 0 fully saturated rings. The highest BCUT2D eigenvalue weighted by molar-refractivity contribution is 7.80. The third-order valence-electron chi connectivity index (χ3n) is 4.44. The van der Waals surface area contributed by atoms with Crippen molar-refractivity contribution in [2.24, 2.45) is 5.92 Å². The molecule has 0 aromatic heterocycles. The van der Waals surface area contributed by atoms with Gasteiger partial charge in [-0.3, -0.25) is 0 Å². The highest BCUT2D eigenvalue weighted by atomic mass is 32.1. The van der Waals surface area contributed by atoms with Crippen LogP contribution in [0.15, 0.2) is 30.4 Å². The monoisotopic (exact) mass is 345 g/mol. The third kappa shape index (κ3) is 5.17. The van der Waals surface area contributed by atoms with Gasteiger partial charge in [-0.2, -0.15) is 0 Å². The smallest absolute Gasteiger partial charge is 0.0852 e. The molecule has 1 aromatic rings. The van der Waals surface area contributed by atoms with Crippen molar-refractivity contribution in [3.63, 3.8) is 0 Å². The zero-order valence-corrected chi connectivity index (χ0v) is 17.9. The lowest BCUT2D eigenvalue weighted by atomic mass is 9.80. The zero-order valence-electron chi connectivity index (χ0n) is 17.1. The van der Waals surface area contributed by atoms with Gasteiger partial charge in [0.25, 0.3) is 0 Å². The van der Waals surface area contributed by atoms with E-state index in [1.54, 1.807) is 0 Å². The van der Waals surface area contributed by atoms with Gasteiger partial charge in [0.2, 0.25) is 0 Å². The number of hydrogen-bond acceptors (Lipinski definition) is 1. The van der Waals surface area contributed by atoms with Crippen LogP contribution in [0.3, 0.4) is 0 Å². The molecule has 0 spiro atoms. The lowest BCUT2D eigenvalue weighted by Crippen LogP contribution is -2.32. The maximum atomic E-state index is 5.80. The highest BCUT2D eigenvalue weighted by Gasteiger charge is 2.25. The van der Waals surface area contributed by atoms with E-state index in [1.165, 1.54) is 22.4 Å². The van der Waals surface area contributed by atoms with E-state index in [-0.39, 0.29) is 10.8 Å². The van der Waals surface area contributed by atoms with Crippen molar-refractivity contribution in [3.05, 3.63) is 41.5 Å². The molecule has 0 saturated heterocycles. The van der Waals surface area contributed by atoms with E-state index in [4.69, 9.17) is 12.2 Å². The van der Waals surface area contributed by atoms with Gasteiger partial charge < -0.3 is 4.90 Å². The van der Waals surface area contributed by atoms with Crippen molar-refractivity contribution < 1.29 is 0 Å². The molecule has 24 heavy (non-hydrogen) atoms. The summed E-state index contributed by atoms with van der Waals surface area (Å²) in [5, 5.41) is 0. The van der Waals surface area contributed by atoms with Crippen molar-refractivity contribution in [3.8, 4) is 0 Å². The number of rotatable bonds is 4. The second-order valence-corrected chi connectivity index (χ2v) is 9.61. The average Bonchev–Trinajstić information content (AvgIpc) is 2.42. The normalized spacial score (nSPS) is 13.5. The number of hydrogen-bond donors (Lipinski definition) is 0. The average molecular weight is 346 g/mol. The summed E-state index contributed by atoms with van der Waals surface area (Å²) in [4.78, 5) is 3.19. The first-order valence-corrected chi connectivity index (χ1v) is 9.23. The Morgan fingerprint density at radius 1 is 1.12 bits per heavy atom. The topological polar surface area (TPSA) is 3.24 Å². The van der Waals surface area contributed by atoms with E-state index in [2.05, 4.69) is 92.1 Å². The third-order valence-corrected chi connectivity index (χ3v) is 5.12. The van der Waals surface area contributed by atoms with Crippen LogP contribution in [0.4, 0.5) is 5.69 Å². The van der Waals surface area contributed by atoms with Gasteiger partial charge in [0.05, 0.1) is 4.99 Å². The Balaban J connectivity index is 3.37. The fourth-order valence-corrected chi connectivity index (χ4v) is 3.15. The molecule has 0 amide bonds. The van der Waals surface area contributed by atoms with Crippen LogP contribution in [-0.4, -0.2) is 12.0 Å². The molecule has 0 bridgehead atoms. The van der Waals surface area contributed by atoms with Crippen LogP contribution < -0.4 is 4.90 Å². The largest absolute Gasteiger partial charge is 0.339 e. The fraction of sp³-hybridized carbons (Fsp3) is 0.591. The first kappa shape index (κ1) is 20.9. The first-order chi connectivity index (χ1) is 10.7. The van der Waals surface area contributed by atoms with E-state index in [1.807, 2.05) is 0 Å². The van der Waals surface area contributed by atoms with Crippen LogP contribution in [0.1, 0.15) is 72.9 Å². The molecular weight excluding hydrogens is 310 g/mol. The van der Waals surface area contributed by atoms with E-state index in [0.29, 0.717) is 5.92 Å². The van der Waals surface area contributed by atoms with Gasteiger partial charge in [-0.1, -0.05) is 78.4 Å². The minimum Gasteiger partial charge on any atom is -0.339 e. The zero-order chi connectivity index (χ0) is 18.9. The molecule has 0 aliphatic carbocycles. The Morgan fingerprint density at radius 3 is 2.08 bits per heavy atom. The van der Waals surface area contributed by atoms with E-state index in [9.17, 15) is 0 Å². The fourth-order valence-electron chi connectivity index (χ4n) is 2.97. The number of allylic oxidation sites excluding steroid dienone is 1. The summed E-state index contributed by atoms with van der Waals surface area (Å²) >= 11 is 5.80. The van der Waals surface area contributed by atoms with Crippen LogP contribution in [0.2, 0.25) is 0 Å². The summed E-state index contributed by atoms with van der Waals surface area (Å²) in [6.07, 6.45) is 0.937. The predicted octanol–water partition coefficient (Wildman–Crippen LogP) is 6.65. The van der Waals surface area contributed by atoms with Gasteiger partial charge in [-0.05, 0) is 41.4 Å². The number of benzene rings is 1. The minimum atomic E-state index is 0.0766. The molecule has 1 aromatic carbocycles. The van der Waals surface area contributed by atoms with E-state index >= 15 is 0 Å². The molecule has 0 unspecified atom stereocenters. The molecular formula is C22H35NS. The quantitative estimate of drug-likeness (QED) is 0.444. The molecule has 0 radical (unpaired) electrons. The van der Waals surface area contributed by atoms with Crippen LogP contribution in [0.25, 0.3) is 0 Å². The molecule has 0 heterocycles. The SMILES string of the molecule is C=C(C)C[C@@H](C)C(=S)N(C)c1cc(C(C)(C)C)ccc1C(C)(C)C. The summed E-state index contributed by atoms with van der Waals surface area (Å²) < 4.78 is 0. The molecule has 1 nitrogen and oxygen atoms in total. The Bertz CT molecular complexity index is 614. The molecule has 134 valence electrons. The summed E-state index contributed by atoms with van der Waals surface area (Å²) in [7, 11) is 2.11. The number of thiocarbonyl (C=S) groups is 1. The van der Waals surface area contributed by atoms with Crippen LogP contribution in [0, 0.1) is 5.92 Å². The maximum absolute atomic E-state index is 5.80. The van der Waals surface area contributed by atoms with Crippen molar-refractivity contribution in [2.45, 2.75) is 72.6 Å². The van der Waals surface area contributed by atoms with Crippen molar-refractivity contribution in [1.29, 1.82) is 0 Å². The first-order valence-electron chi connectivity index (χ1n) is 8.82. The molecule has 1 rings (SSSR count). The molecule has 0 aliphatic rings. The van der Waals surface area contributed by atoms with Crippen LogP contribution >= 0.6 is 12.2 Å². The highest BCUT2D eigenvalue weighted by Crippen LogP contribution is 2.36. The van der Waals surface area contributed by atoms with Gasteiger partial charge in [0.15, 0.2) is 0 Å². The van der Waals surface area contributed by atoms with Crippen molar-refractivity contribution >= 4 is 22.9 Å². The van der Waals surface area contributed by atoms with Crippen LogP contribution in [-0.2, 0) is 10.8 Å².